The molecule has 1 nitrogen and oxygen atoms in total. The van der Waals surface area contributed by atoms with Crippen molar-refractivity contribution in [3.05, 3.63) is 9.81 Å². The molecular weight excluding hydrogens is 162 g/mol. The molecule has 10 heavy (non-hydrogen) atoms. The molecule has 1 fully saturated rings. The van der Waals surface area contributed by atoms with Gasteiger partial charge < -0.3 is 5.41 Å². The maximum Gasteiger partial charge on any atom is 0.0445 e. The van der Waals surface area contributed by atoms with Gasteiger partial charge in [-0.05, 0) is 30.4 Å². The summed E-state index contributed by atoms with van der Waals surface area (Å²) in [6, 6.07) is 0. The van der Waals surface area contributed by atoms with E-state index in [1.165, 1.54) is 28.4 Å². The quantitative estimate of drug-likeness (QED) is 0.616. The van der Waals surface area contributed by atoms with Gasteiger partial charge in [0, 0.05) is 10.5 Å². The monoisotopic (exact) mass is 173 g/mol. The number of allylic oxidation sites excluding steroid dienone is 1. The first-order valence-corrected chi connectivity index (χ1v) is 5.28. The molecule has 0 atom stereocenters. The third kappa shape index (κ3) is 2.06. The summed E-state index contributed by atoms with van der Waals surface area (Å²) < 4.78 is 1.35. The van der Waals surface area contributed by atoms with Crippen LogP contribution in [-0.4, -0.2) is 17.7 Å². The number of thioether (sulfide) groups is 2. The van der Waals surface area contributed by atoms with Crippen LogP contribution < -0.4 is 0 Å². The maximum atomic E-state index is 7.04. The van der Waals surface area contributed by atoms with Gasteiger partial charge in [-0.25, -0.2) is 0 Å². The Kier molecular flexibility index (Phi) is 3.35. The molecule has 0 amide bonds. The Morgan fingerprint density at radius 2 is 2.10 bits per heavy atom. The Balaban J connectivity index is 2.59. The highest BCUT2D eigenvalue weighted by Gasteiger charge is 2.07. The van der Waals surface area contributed by atoms with E-state index in [1.54, 1.807) is 0 Å². The summed E-state index contributed by atoms with van der Waals surface area (Å²) in [6.45, 7) is 2.01. The SMILES string of the molecule is CC(C=N)=C1SCCCS1. The van der Waals surface area contributed by atoms with Crippen molar-refractivity contribution >= 4 is 29.7 Å². The second-order valence-electron chi connectivity index (χ2n) is 2.17. The van der Waals surface area contributed by atoms with Gasteiger partial charge in [-0.3, -0.25) is 0 Å². The molecule has 0 bridgehead atoms. The average molecular weight is 173 g/mol. The fraction of sp³-hybridized carbons (Fsp3) is 0.571. The number of nitrogens with one attached hydrogen (secondary N) is 1. The molecule has 1 aliphatic heterocycles. The molecule has 3 heteroatoms. The fourth-order valence-corrected chi connectivity index (χ4v) is 3.25. The van der Waals surface area contributed by atoms with Gasteiger partial charge in [-0.1, -0.05) is 0 Å². The highest BCUT2D eigenvalue weighted by molar-refractivity contribution is 8.22. The largest absolute Gasteiger partial charge is 0.308 e. The fourth-order valence-electron chi connectivity index (χ4n) is 0.717. The summed E-state index contributed by atoms with van der Waals surface area (Å²) in [4.78, 5) is 0. The molecule has 0 spiro atoms. The molecule has 0 radical (unpaired) electrons. The lowest BCUT2D eigenvalue weighted by molar-refractivity contribution is 1.12. The molecule has 0 aliphatic carbocycles. The molecule has 1 rings (SSSR count). The first-order chi connectivity index (χ1) is 4.84. The van der Waals surface area contributed by atoms with E-state index in [4.69, 9.17) is 5.41 Å². The van der Waals surface area contributed by atoms with Gasteiger partial charge in [0.25, 0.3) is 0 Å². The van der Waals surface area contributed by atoms with Gasteiger partial charge in [0.1, 0.15) is 0 Å². The predicted octanol–water partition coefficient (Wildman–Crippen LogP) is 2.74. The van der Waals surface area contributed by atoms with E-state index in [0.717, 1.165) is 5.57 Å². The Bertz CT molecular complexity index is 155. The van der Waals surface area contributed by atoms with E-state index in [-0.39, 0.29) is 0 Å². The molecule has 0 aromatic rings. The smallest absolute Gasteiger partial charge is 0.0445 e. The van der Waals surface area contributed by atoms with Crippen LogP contribution in [0.25, 0.3) is 0 Å². The molecule has 1 saturated heterocycles. The highest BCUT2D eigenvalue weighted by atomic mass is 32.2. The Labute approximate surface area is 70.2 Å². The van der Waals surface area contributed by atoms with E-state index < -0.39 is 0 Å². The van der Waals surface area contributed by atoms with Crippen molar-refractivity contribution in [3.8, 4) is 0 Å². The van der Waals surface area contributed by atoms with Gasteiger partial charge in [0.15, 0.2) is 0 Å². The van der Waals surface area contributed by atoms with Crippen LogP contribution in [0.15, 0.2) is 9.81 Å². The minimum Gasteiger partial charge on any atom is -0.308 e. The summed E-state index contributed by atoms with van der Waals surface area (Å²) in [6.07, 6.45) is 2.75. The van der Waals surface area contributed by atoms with E-state index in [0.29, 0.717) is 0 Å². The molecule has 1 N–H and O–H groups in total. The van der Waals surface area contributed by atoms with Crippen LogP contribution in [-0.2, 0) is 0 Å². The van der Waals surface area contributed by atoms with Gasteiger partial charge in [0.2, 0.25) is 0 Å². The standard InChI is InChI=1S/C7H11NS2/c1-6(5-8)7-9-3-2-4-10-7/h5,8H,2-4H2,1H3. The summed E-state index contributed by atoms with van der Waals surface area (Å²) in [5.74, 6) is 2.46. The van der Waals surface area contributed by atoms with Gasteiger partial charge in [-0.15, -0.1) is 23.5 Å². The minimum absolute atomic E-state index is 1.12. The van der Waals surface area contributed by atoms with Crippen LogP contribution in [0.3, 0.4) is 0 Å². The molecule has 0 aromatic heterocycles. The zero-order valence-electron chi connectivity index (χ0n) is 6.02. The van der Waals surface area contributed by atoms with Gasteiger partial charge >= 0.3 is 0 Å². The van der Waals surface area contributed by atoms with Gasteiger partial charge in [0.05, 0.1) is 0 Å². The average Bonchev–Trinajstić information content (AvgIpc) is 2.05. The molecule has 56 valence electrons. The summed E-state index contributed by atoms with van der Waals surface area (Å²) in [7, 11) is 0. The summed E-state index contributed by atoms with van der Waals surface area (Å²) >= 11 is 3.77. The van der Waals surface area contributed by atoms with E-state index in [1.807, 2.05) is 30.4 Å². The molecule has 0 saturated carbocycles. The van der Waals surface area contributed by atoms with Crippen molar-refractivity contribution in [2.45, 2.75) is 13.3 Å². The normalized spacial score (nSPS) is 18.7. The summed E-state index contributed by atoms with van der Waals surface area (Å²) in [5.41, 5.74) is 1.12. The van der Waals surface area contributed by atoms with E-state index in [9.17, 15) is 0 Å². The zero-order valence-corrected chi connectivity index (χ0v) is 7.65. The molecule has 0 aromatic carbocycles. The van der Waals surface area contributed by atoms with E-state index in [2.05, 4.69) is 0 Å². The minimum atomic E-state index is 1.12. The zero-order chi connectivity index (χ0) is 7.40. The van der Waals surface area contributed by atoms with Crippen LogP contribution in [0.4, 0.5) is 0 Å². The topological polar surface area (TPSA) is 23.9 Å². The summed E-state index contributed by atoms with van der Waals surface area (Å²) in [5, 5.41) is 7.04. The molecule has 0 unspecified atom stereocenters. The van der Waals surface area contributed by atoms with Crippen LogP contribution in [0.5, 0.6) is 0 Å². The van der Waals surface area contributed by atoms with Crippen molar-refractivity contribution in [1.29, 1.82) is 5.41 Å². The number of hydrogen-bond acceptors (Lipinski definition) is 3. The lowest BCUT2D eigenvalue weighted by Gasteiger charge is -2.13. The Hall–Kier alpha value is 0.110. The number of rotatable bonds is 1. The van der Waals surface area contributed by atoms with Crippen LogP contribution in [0, 0.1) is 5.41 Å². The third-order valence-corrected chi connectivity index (χ3v) is 4.15. The molecular formula is C7H11NS2. The lowest BCUT2D eigenvalue weighted by atomic mass is 10.4. The van der Waals surface area contributed by atoms with Crippen molar-refractivity contribution < 1.29 is 0 Å². The maximum absolute atomic E-state index is 7.04. The number of hydrogen-bond donors (Lipinski definition) is 1. The van der Waals surface area contributed by atoms with Crippen LogP contribution in [0.1, 0.15) is 13.3 Å². The van der Waals surface area contributed by atoms with Crippen molar-refractivity contribution in [1.82, 2.24) is 0 Å². The van der Waals surface area contributed by atoms with Crippen LogP contribution in [0.2, 0.25) is 0 Å². The Morgan fingerprint density at radius 3 is 2.60 bits per heavy atom. The second-order valence-corrected chi connectivity index (χ2v) is 4.63. The predicted molar refractivity (Wildman–Crippen MR) is 51.0 cm³/mol. The lowest BCUT2D eigenvalue weighted by Crippen LogP contribution is -1.94. The van der Waals surface area contributed by atoms with Crippen LogP contribution >= 0.6 is 23.5 Å². The van der Waals surface area contributed by atoms with Gasteiger partial charge in [-0.2, -0.15) is 0 Å². The first kappa shape index (κ1) is 8.21. The molecule has 1 aliphatic rings. The Morgan fingerprint density at radius 1 is 1.50 bits per heavy atom. The third-order valence-electron chi connectivity index (χ3n) is 1.29. The van der Waals surface area contributed by atoms with Crippen molar-refractivity contribution in [3.63, 3.8) is 0 Å². The second kappa shape index (κ2) is 4.09. The highest BCUT2D eigenvalue weighted by Crippen LogP contribution is 2.36. The molecule has 1 heterocycles. The van der Waals surface area contributed by atoms with E-state index >= 15 is 0 Å². The first-order valence-electron chi connectivity index (χ1n) is 3.31. The van der Waals surface area contributed by atoms with Crippen molar-refractivity contribution in [2.24, 2.45) is 0 Å². The van der Waals surface area contributed by atoms with Crippen molar-refractivity contribution in [2.75, 3.05) is 11.5 Å².